The SMILES string of the molecule is C=CCCOCCNC(=O)c1cccc(N)c1C. The Morgan fingerprint density at radius 3 is 3.00 bits per heavy atom. The van der Waals surface area contributed by atoms with Crippen LogP contribution in [0.4, 0.5) is 5.69 Å². The first-order valence-electron chi connectivity index (χ1n) is 5.98. The summed E-state index contributed by atoms with van der Waals surface area (Å²) in [6.45, 7) is 7.07. The molecule has 4 nitrogen and oxygen atoms in total. The highest BCUT2D eigenvalue weighted by atomic mass is 16.5. The molecule has 0 atom stereocenters. The number of carbonyl (C=O) groups excluding carboxylic acids is 1. The van der Waals surface area contributed by atoms with Crippen molar-refractivity contribution in [2.75, 3.05) is 25.5 Å². The van der Waals surface area contributed by atoms with Crippen molar-refractivity contribution < 1.29 is 9.53 Å². The number of amides is 1. The van der Waals surface area contributed by atoms with Gasteiger partial charge in [-0.2, -0.15) is 0 Å². The van der Waals surface area contributed by atoms with Gasteiger partial charge in [-0.25, -0.2) is 0 Å². The van der Waals surface area contributed by atoms with Crippen LogP contribution in [0, 0.1) is 6.92 Å². The molecule has 1 aromatic carbocycles. The molecule has 1 amide bonds. The van der Waals surface area contributed by atoms with Gasteiger partial charge in [-0.15, -0.1) is 6.58 Å². The average Bonchev–Trinajstić information content (AvgIpc) is 2.36. The summed E-state index contributed by atoms with van der Waals surface area (Å²) in [7, 11) is 0. The highest BCUT2D eigenvalue weighted by molar-refractivity contribution is 5.96. The monoisotopic (exact) mass is 248 g/mol. The van der Waals surface area contributed by atoms with Gasteiger partial charge < -0.3 is 15.8 Å². The van der Waals surface area contributed by atoms with Crippen LogP contribution >= 0.6 is 0 Å². The maximum Gasteiger partial charge on any atom is 0.251 e. The topological polar surface area (TPSA) is 64.3 Å². The Morgan fingerprint density at radius 2 is 2.28 bits per heavy atom. The van der Waals surface area contributed by atoms with Gasteiger partial charge >= 0.3 is 0 Å². The number of nitrogen functional groups attached to an aromatic ring is 1. The van der Waals surface area contributed by atoms with Crippen LogP contribution in [0.25, 0.3) is 0 Å². The molecule has 1 aromatic rings. The molecule has 0 aliphatic heterocycles. The van der Waals surface area contributed by atoms with E-state index in [0.717, 1.165) is 12.0 Å². The van der Waals surface area contributed by atoms with E-state index >= 15 is 0 Å². The van der Waals surface area contributed by atoms with E-state index in [-0.39, 0.29) is 5.91 Å². The number of ether oxygens (including phenoxy) is 1. The molecule has 0 saturated carbocycles. The summed E-state index contributed by atoms with van der Waals surface area (Å²) in [6.07, 6.45) is 2.62. The van der Waals surface area contributed by atoms with Gasteiger partial charge in [-0.3, -0.25) is 4.79 Å². The summed E-state index contributed by atoms with van der Waals surface area (Å²) in [5.74, 6) is -0.118. The number of benzene rings is 1. The minimum absolute atomic E-state index is 0.118. The minimum atomic E-state index is -0.118. The molecule has 0 aromatic heterocycles. The lowest BCUT2D eigenvalue weighted by Gasteiger charge is -2.09. The van der Waals surface area contributed by atoms with Gasteiger partial charge in [0.25, 0.3) is 5.91 Å². The van der Waals surface area contributed by atoms with Gasteiger partial charge in [-0.05, 0) is 31.0 Å². The van der Waals surface area contributed by atoms with E-state index < -0.39 is 0 Å². The quantitative estimate of drug-likeness (QED) is 0.440. The molecule has 4 heteroatoms. The summed E-state index contributed by atoms with van der Waals surface area (Å²) in [4.78, 5) is 11.9. The summed E-state index contributed by atoms with van der Waals surface area (Å²) >= 11 is 0. The summed E-state index contributed by atoms with van der Waals surface area (Å²) < 4.78 is 5.30. The molecule has 0 saturated heterocycles. The lowest BCUT2D eigenvalue weighted by Crippen LogP contribution is -2.28. The van der Waals surface area contributed by atoms with E-state index in [1.807, 2.05) is 6.92 Å². The van der Waals surface area contributed by atoms with E-state index in [0.29, 0.717) is 31.0 Å². The molecule has 18 heavy (non-hydrogen) atoms. The van der Waals surface area contributed by atoms with E-state index in [1.165, 1.54) is 0 Å². The van der Waals surface area contributed by atoms with Gasteiger partial charge in [0.15, 0.2) is 0 Å². The number of anilines is 1. The Labute approximate surface area is 108 Å². The first-order valence-corrected chi connectivity index (χ1v) is 5.98. The third-order valence-corrected chi connectivity index (χ3v) is 2.62. The number of carbonyl (C=O) groups is 1. The molecule has 3 N–H and O–H groups in total. The van der Waals surface area contributed by atoms with Gasteiger partial charge in [0.05, 0.1) is 13.2 Å². The van der Waals surface area contributed by atoms with Crippen LogP contribution in [0.3, 0.4) is 0 Å². The summed E-state index contributed by atoms with van der Waals surface area (Å²) in [5.41, 5.74) is 7.80. The Morgan fingerprint density at radius 1 is 1.50 bits per heavy atom. The van der Waals surface area contributed by atoms with Crippen LogP contribution in [0.5, 0.6) is 0 Å². The van der Waals surface area contributed by atoms with Crippen molar-refractivity contribution >= 4 is 11.6 Å². The van der Waals surface area contributed by atoms with E-state index in [9.17, 15) is 4.79 Å². The van der Waals surface area contributed by atoms with Gasteiger partial charge in [-0.1, -0.05) is 12.1 Å². The third-order valence-electron chi connectivity index (χ3n) is 2.62. The largest absolute Gasteiger partial charge is 0.398 e. The first-order chi connectivity index (χ1) is 8.66. The molecular weight excluding hydrogens is 228 g/mol. The zero-order valence-electron chi connectivity index (χ0n) is 10.7. The molecule has 0 radical (unpaired) electrons. The molecule has 0 aliphatic carbocycles. The van der Waals surface area contributed by atoms with E-state index in [1.54, 1.807) is 24.3 Å². The van der Waals surface area contributed by atoms with Crippen molar-refractivity contribution in [3.8, 4) is 0 Å². The number of rotatable bonds is 7. The lowest BCUT2D eigenvalue weighted by molar-refractivity contribution is 0.0917. The van der Waals surface area contributed by atoms with Crippen molar-refractivity contribution in [2.45, 2.75) is 13.3 Å². The second kappa shape index (κ2) is 7.50. The zero-order valence-corrected chi connectivity index (χ0v) is 10.7. The Balaban J connectivity index is 2.37. The number of nitrogens with one attached hydrogen (secondary N) is 1. The second-order valence-electron chi connectivity index (χ2n) is 3.97. The standard InChI is InChI=1S/C14H20N2O2/c1-3-4-9-18-10-8-16-14(17)12-6-5-7-13(15)11(12)2/h3,5-7H,1,4,8-10,15H2,2H3,(H,16,17). The Bertz CT molecular complexity index is 416. The van der Waals surface area contributed by atoms with Crippen molar-refractivity contribution in [3.05, 3.63) is 42.0 Å². The predicted octanol–water partition coefficient (Wildman–Crippen LogP) is 1.90. The normalized spacial score (nSPS) is 10.1. The number of hydrogen-bond donors (Lipinski definition) is 2. The fourth-order valence-electron chi connectivity index (χ4n) is 1.50. The number of hydrogen-bond acceptors (Lipinski definition) is 3. The lowest BCUT2D eigenvalue weighted by atomic mass is 10.1. The highest BCUT2D eigenvalue weighted by Gasteiger charge is 2.09. The minimum Gasteiger partial charge on any atom is -0.398 e. The molecule has 0 spiro atoms. The molecule has 0 aliphatic rings. The fraction of sp³-hybridized carbons (Fsp3) is 0.357. The molecule has 0 heterocycles. The van der Waals surface area contributed by atoms with Crippen molar-refractivity contribution in [1.29, 1.82) is 0 Å². The molecule has 0 fully saturated rings. The Kier molecular flexibility index (Phi) is 5.94. The van der Waals surface area contributed by atoms with Crippen LogP contribution in [-0.2, 0) is 4.74 Å². The molecule has 98 valence electrons. The van der Waals surface area contributed by atoms with Crippen LogP contribution in [-0.4, -0.2) is 25.7 Å². The van der Waals surface area contributed by atoms with E-state index in [4.69, 9.17) is 10.5 Å². The smallest absolute Gasteiger partial charge is 0.251 e. The van der Waals surface area contributed by atoms with Gasteiger partial charge in [0.2, 0.25) is 0 Å². The Hall–Kier alpha value is -1.81. The average molecular weight is 248 g/mol. The summed E-state index contributed by atoms with van der Waals surface area (Å²) in [5, 5.41) is 2.80. The van der Waals surface area contributed by atoms with Gasteiger partial charge in [0.1, 0.15) is 0 Å². The maximum absolute atomic E-state index is 11.9. The maximum atomic E-state index is 11.9. The summed E-state index contributed by atoms with van der Waals surface area (Å²) in [6, 6.07) is 5.32. The fourth-order valence-corrected chi connectivity index (χ4v) is 1.50. The molecular formula is C14H20N2O2. The third kappa shape index (κ3) is 4.22. The first kappa shape index (κ1) is 14.3. The van der Waals surface area contributed by atoms with Crippen molar-refractivity contribution in [1.82, 2.24) is 5.32 Å². The van der Waals surface area contributed by atoms with Crippen LogP contribution < -0.4 is 11.1 Å². The molecule has 0 bridgehead atoms. The molecule has 1 rings (SSSR count). The van der Waals surface area contributed by atoms with Crippen LogP contribution in [0.1, 0.15) is 22.3 Å². The van der Waals surface area contributed by atoms with Crippen LogP contribution in [0.2, 0.25) is 0 Å². The predicted molar refractivity (Wildman–Crippen MR) is 73.6 cm³/mol. The van der Waals surface area contributed by atoms with Crippen molar-refractivity contribution in [3.63, 3.8) is 0 Å². The van der Waals surface area contributed by atoms with Crippen LogP contribution in [0.15, 0.2) is 30.9 Å². The second-order valence-corrected chi connectivity index (χ2v) is 3.97. The molecule has 0 unspecified atom stereocenters. The van der Waals surface area contributed by atoms with E-state index in [2.05, 4.69) is 11.9 Å². The highest BCUT2D eigenvalue weighted by Crippen LogP contribution is 2.14. The number of nitrogens with two attached hydrogens (primary N) is 1. The van der Waals surface area contributed by atoms with Gasteiger partial charge in [0, 0.05) is 17.8 Å². The zero-order chi connectivity index (χ0) is 13.4. The van der Waals surface area contributed by atoms with Crippen molar-refractivity contribution in [2.24, 2.45) is 0 Å².